The molecular formula is C12H13N5O. The Balaban J connectivity index is 1.80. The number of hydrogen-bond acceptors (Lipinski definition) is 4. The van der Waals surface area contributed by atoms with Gasteiger partial charge in [0.25, 0.3) is 5.91 Å². The van der Waals surface area contributed by atoms with E-state index in [2.05, 4.69) is 20.5 Å². The third-order valence-corrected chi connectivity index (χ3v) is 3.07. The fraction of sp³-hybridized carbons (Fsp3) is 0.250. The molecule has 92 valence electrons. The Morgan fingerprint density at radius 1 is 1.39 bits per heavy atom. The average Bonchev–Trinajstić information content (AvgIpc) is 2.93. The summed E-state index contributed by atoms with van der Waals surface area (Å²) in [6.07, 6.45) is 4.49. The van der Waals surface area contributed by atoms with Crippen LogP contribution in [0.25, 0.3) is 0 Å². The van der Waals surface area contributed by atoms with Crippen LogP contribution in [0, 0.1) is 0 Å². The number of amides is 1. The van der Waals surface area contributed by atoms with Crippen LogP contribution in [0.15, 0.2) is 18.3 Å². The Hall–Kier alpha value is -2.37. The highest BCUT2D eigenvalue weighted by Crippen LogP contribution is 2.23. The molecule has 0 aliphatic heterocycles. The molecule has 0 radical (unpaired) electrons. The van der Waals surface area contributed by atoms with Gasteiger partial charge < -0.3 is 11.1 Å². The minimum absolute atomic E-state index is 0.207. The number of aryl methyl sites for hydroxylation is 1. The molecule has 0 spiro atoms. The first-order valence-corrected chi connectivity index (χ1v) is 5.83. The highest BCUT2D eigenvalue weighted by atomic mass is 16.1. The monoisotopic (exact) mass is 243 g/mol. The van der Waals surface area contributed by atoms with Crippen LogP contribution in [-0.2, 0) is 12.8 Å². The molecule has 1 aliphatic rings. The van der Waals surface area contributed by atoms with Crippen LogP contribution in [0.2, 0.25) is 0 Å². The zero-order valence-electron chi connectivity index (χ0n) is 9.73. The number of aromatic nitrogens is 3. The van der Waals surface area contributed by atoms with Crippen LogP contribution >= 0.6 is 0 Å². The Labute approximate surface area is 104 Å². The Morgan fingerprint density at radius 2 is 2.28 bits per heavy atom. The normalized spacial score (nSPS) is 13.3. The van der Waals surface area contributed by atoms with Gasteiger partial charge in [-0.2, -0.15) is 5.10 Å². The molecule has 2 heterocycles. The lowest BCUT2D eigenvalue weighted by molar-refractivity contribution is 0.102. The zero-order chi connectivity index (χ0) is 12.5. The fourth-order valence-corrected chi connectivity index (χ4v) is 2.18. The molecule has 0 unspecified atom stereocenters. The molecule has 0 atom stereocenters. The SMILES string of the molecule is Nc1ccc(NC(=O)c2n[nH]c3c2CCC3)cn1. The predicted molar refractivity (Wildman–Crippen MR) is 67.2 cm³/mol. The molecule has 2 aromatic rings. The number of nitrogen functional groups attached to an aromatic ring is 1. The van der Waals surface area contributed by atoms with E-state index in [4.69, 9.17) is 5.73 Å². The summed E-state index contributed by atoms with van der Waals surface area (Å²) in [5, 5.41) is 9.75. The van der Waals surface area contributed by atoms with Gasteiger partial charge in [0.15, 0.2) is 5.69 Å². The smallest absolute Gasteiger partial charge is 0.276 e. The number of nitrogens with one attached hydrogen (secondary N) is 2. The second kappa shape index (κ2) is 4.14. The Kier molecular flexibility index (Phi) is 2.47. The quantitative estimate of drug-likeness (QED) is 0.736. The number of nitrogens with two attached hydrogens (primary N) is 1. The summed E-state index contributed by atoms with van der Waals surface area (Å²) < 4.78 is 0. The highest BCUT2D eigenvalue weighted by molar-refractivity contribution is 6.04. The number of nitrogens with zero attached hydrogens (tertiary/aromatic N) is 2. The van der Waals surface area contributed by atoms with Crippen molar-refractivity contribution in [3.63, 3.8) is 0 Å². The van der Waals surface area contributed by atoms with Gasteiger partial charge in [0.2, 0.25) is 0 Å². The van der Waals surface area contributed by atoms with Gasteiger partial charge in [-0.15, -0.1) is 0 Å². The summed E-state index contributed by atoms with van der Waals surface area (Å²) in [4.78, 5) is 16.0. The lowest BCUT2D eigenvalue weighted by Crippen LogP contribution is -2.14. The maximum absolute atomic E-state index is 12.1. The van der Waals surface area contributed by atoms with Gasteiger partial charge in [-0.05, 0) is 31.4 Å². The first-order valence-electron chi connectivity index (χ1n) is 5.83. The van der Waals surface area contributed by atoms with Gasteiger partial charge >= 0.3 is 0 Å². The van der Waals surface area contributed by atoms with Crippen LogP contribution in [0.5, 0.6) is 0 Å². The van der Waals surface area contributed by atoms with Crippen molar-refractivity contribution in [3.05, 3.63) is 35.3 Å². The topological polar surface area (TPSA) is 96.7 Å². The van der Waals surface area contributed by atoms with E-state index in [0.717, 1.165) is 30.5 Å². The largest absolute Gasteiger partial charge is 0.384 e. The van der Waals surface area contributed by atoms with E-state index in [1.165, 1.54) is 6.20 Å². The third-order valence-electron chi connectivity index (χ3n) is 3.07. The minimum atomic E-state index is -0.207. The molecule has 18 heavy (non-hydrogen) atoms. The first kappa shape index (κ1) is 10.8. The molecule has 3 rings (SSSR count). The van der Waals surface area contributed by atoms with E-state index in [-0.39, 0.29) is 5.91 Å². The molecule has 6 heteroatoms. The number of hydrogen-bond donors (Lipinski definition) is 3. The molecular weight excluding hydrogens is 230 g/mol. The summed E-state index contributed by atoms with van der Waals surface area (Å²) >= 11 is 0. The standard InChI is InChI=1S/C12H13N5O/c13-10-5-4-7(6-14-10)15-12(18)11-8-2-1-3-9(8)16-17-11/h4-6H,1-3H2,(H2,13,14)(H,15,18)(H,16,17). The van der Waals surface area contributed by atoms with Crippen molar-refractivity contribution in [1.82, 2.24) is 15.2 Å². The highest BCUT2D eigenvalue weighted by Gasteiger charge is 2.22. The van der Waals surface area contributed by atoms with E-state index in [0.29, 0.717) is 17.2 Å². The Bertz CT molecular complexity index is 587. The van der Waals surface area contributed by atoms with Gasteiger partial charge in [0.05, 0.1) is 11.9 Å². The molecule has 2 aromatic heterocycles. The number of pyridine rings is 1. The number of fused-ring (bicyclic) bond motifs is 1. The van der Waals surface area contributed by atoms with Crippen LogP contribution < -0.4 is 11.1 Å². The van der Waals surface area contributed by atoms with Gasteiger partial charge in [-0.25, -0.2) is 4.98 Å². The summed E-state index contributed by atoms with van der Waals surface area (Å²) in [5.74, 6) is 0.217. The molecule has 4 N–H and O–H groups in total. The lowest BCUT2D eigenvalue weighted by atomic mass is 10.2. The van der Waals surface area contributed by atoms with E-state index < -0.39 is 0 Å². The second-order valence-electron chi connectivity index (χ2n) is 4.31. The molecule has 6 nitrogen and oxygen atoms in total. The molecule has 0 fully saturated rings. The van der Waals surface area contributed by atoms with Crippen molar-refractivity contribution < 1.29 is 4.79 Å². The van der Waals surface area contributed by atoms with Crippen LogP contribution in [0.1, 0.15) is 28.2 Å². The summed E-state index contributed by atoms with van der Waals surface area (Å²) in [5.41, 5.74) is 8.70. The first-order chi connectivity index (χ1) is 8.74. The maximum Gasteiger partial charge on any atom is 0.276 e. The molecule has 1 amide bonds. The van der Waals surface area contributed by atoms with Gasteiger partial charge in [-0.1, -0.05) is 0 Å². The van der Waals surface area contributed by atoms with Crippen molar-refractivity contribution in [2.24, 2.45) is 0 Å². The number of carbonyl (C=O) groups excluding carboxylic acids is 1. The Morgan fingerprint density at radius 3 is 3.06 bits per heavy atom. The number of H-pyrrole nitrogens is 1. The molecule has 0 saturated carbocycles. The lowest BCUT2D eigenvalue weighted by Gasteiger charge is -2.03. The van der Waals surface area contributed by atoms with Crippen molar-refractivity contribution in [2.75, 3.05) is 11.1 Å². The van der Waals surface area contributed by atoms with Gasteiger partial charge in [0.1, 0.15) is 5.82 Å². The van der Waals surface area contributed by atoms with Gasteiger partial charge in [-0.3, -0.25) is 9.89 Å². The van der Waals surface area contributed by atoms with E-state index in [1.54, 1.807) is 12.1 Å². The van der Waals surface area contributed by atoms with Gasteiger partial charge in [0, 0.05) is 11.3 Å². The minimum Gasteiger partial charge on any atom is -0.384 e. The van der Waals surface area contributed by atoms with Crippen molar-refractivity contribution in [2.45, 2.75) is 19.3 Å². The van der Waals surface area contributed by atoms with E-state index in [9.17, 15) is 4.79 Å². The molecule has 0 bridgehead atoms. The number of anilines is 2. The zero-order valence-corrected chi connectivity index (χ0v) is 9.73. The second-order valence-corrected chi connectivity index (χ2v) is 4.31. The number of aromatic amines is 1. The van der Waals surface area contributed by atoms with E-state index >= 15 is 0 Å². The molecule has 0 saturated heterocycles. The molecule has 1 aliphatic carbocycles. The number of rotatable bonds is 2. The van der Waals surface area contributed by atoms with Crippen LogP contribution in [0.3, 0.4) is 0 Å². The van der Waals surface area contributed by atoms with Crippen molar-refractivity contribution in [3.8, 4) is 0 Å². The average molecular weight is 243 g/mol. The summed E-state index contributed by atoms with van der Waals surface area (Å²) in [6.45, 7) is 0. The van der Waals surface area contributed by atoms with Crippen LogP contribution in [0.4, 0.5) is 11.5 Å². The third kappa shape index (κ3) is 1.81. The maximum atomic E-state index is 12.1. The number of carbonyl (C=O) groups is 1. The van der Waals surface area contributed by atoms with Crippen molar-refractivity contribution in [1.29, 1.82) is 0 Å². The fourth-order valence-electron chi connectivity index (χ4n) is 2.18. The van der Waals surface area contributed by atoms with Crippen LogP contribution in [-0.4, -0.2) is 21.1 Å². The molecule has 0 aromatic carbocycles. The summed E-state index contributed by atoms with van der Waals surface area (Å²) in [6, 6.07) is 3.36. The predicted octanol–water partition coefficient (Wildman–Crippen LogP) is 1.13. The summed E-state index contributed by atoms with van der Waals surface area (Å²) in [7, 11) is 0. The van der Waals surface area contributed by atoms with Crippen molar-refractivity contribution >= 4 is 17.4 Å². The van der Waals surface area contributed by atoms with E-state index in [1.807, 2.05) is 0 Å².